The van der Waals surface area contributed by atoms with Crippen molar-refractivity contribution in [3.05, 3.63) is 64.1 Å². The molecule has 0 aromatic heterocycles. The third-order valence-corrected chi connectivity index (χ3v) is 3.52. The molecule has 21 heavy (non-hydrogen) atoms. The lowest BCUT2D eigenvalue weighted by Crippen LogP contribution is -2.20. The van der Waals surface area contributed by atoms with Gasteiger partial charge in [-0.3, -0.25) is 4.79 Å². The van der Waals surface area contributed by atoms with Crippen LogP contribution in [0, 0.1) is 0 Å². The van der Waals surface area contributed by atoms with E-state index < -0.39 is 5.92 Å². The van der Waals surface area contributed by atoms with Gasteiger partial charge in [-0.05, 0) is 31.5 Å². The van der Waals surface area contributed by atoms with Gasteiger partial charge in [0.1, 0.15) is 11.7 Å². The largest absolute Gasteiger partial charge is 0.508 e. The standard InChI is InChI=1S/C17H17BrO3/c1-11(2)21-17(20)16(12-6-4-3-5-7-12)14-9-8-13(18)10-15(14)19/h3-11,16,19H,1-2H3. The Bertz CT molecular complexity index is 623. The molecular weight excluding hydrogens is 332 g/mol. The minimum atomic E-state index is -0.637. The molecule has 0 aliphatic carbocycles. The van der Waals surface area contributed by atoms with Gasteiger partial charge < -0.3 is 9.84 Å². The van der Waals surface area contributed by atoms with Crippen LogP contribution in [0.15, 0.2) is 53.0 Å². The molecule has 0 saturated heterocycles. The first-order valence-corrected chi connectivity index (χ1v) is 7.52. The van der Waals surface area contributed by atoms with Crippen LogP contribution in [0.1, 0.15) is 30.9 Å². The van der Waals surface area contributed by atoms with Crippen molar-refractivity contribution in [2.24, 2.45) is 0 Å². The highest BCUT2D eigenvalue weighted by atomic mass is 79.9. The zero-order chi connectivity index (χ0) is 15.4. The van der Waals surface area contributed by atoms with Gasteiger partial charge in [0.25, 0.3) is 0 Å². The van der Waals surface area contributed by atoms with E-state index in [1.54, 1.807) is 32.0 Å². The van der Waals surface area contributed by atoms with Crippen LogP contribution in [0.25, 0.3) is 0 Å². The van der Waals surface area contributed by atoms with E-state index >= 15 is 0 Å². The summed E-state index contributed by atoms with van der Waals surface area (Å²) < 4.78 is 6.10. The highest BCUT2D eigenvalue weighted by Crippen LogP contribution is 2.34. The molecule has 0 saturated carbocycles. The Labute approximate surface area is 132 Å². The minimum absolute atomic E-state index is 0.0685. The fourth-order valence-corrected chi connectivity index (χ4v) is 2.50. The Morgan fingerprint density at radius 1 is 1.14 bits per heavy atom. The number of ether oxygens (including phenoxy) is 1. The second kappa shape index (κ2) is 6.76. The van der Waals surface area contributed by atoms with Crippen molar-refractivity contribution in [1.82, 2.24) is 0 Å². The lowest BCUT2D eigenvalue weighted by atomic mass is 9.90. The van der Waals surface area contributed by atoms with Crippen molar-refractivity contribution >= 4 is 21.9 Å². The molecule has 0 aliphatic rings. The van der Waals surface area contributed by atoms with Crippen LogP contribution in [-0.4, -0.2) is 17.2 Å². The maximum Gasteiger partial charge on any atom is 0.318 e. The van der Waals surface area contributed by atoms with Gasteiger partial charge in [-0.25, -0.2) is 0 Å². The lowest BCUT2D eigenvalue weighted by Gasteiger charge is -2.19. The summed E-state index contributed by atoms with van der Waals surface area (Å²) in [6, 6.07) is 14.4. The number of benzene rings is 2. The quantitative estimate of drug-likeness (QED) is 0.840. The summed E-state index contributed by atoms with van der Waals surface area (Å²) >= 11 is 3.30. The number of rotatable bonds is 4. The molecular formula is C17H17BrO3. The summed E-state index contributed by atoms with van der Waals surface area (Å²) in [7, 11) is 0. The van der Waals surface area contributed by atoms with Gasteiger partial charge in [0, 0.05) is 10.0 Å². The Balaban J connectivity index is 2.48. The maximum absolute atomic E-state index is 12.4. The van der Waals surface area contributed by atoms with Crippen molar-refractivity contribution in [2.45, 2.75) is 25.9 Å². The van der Waals surface area contributed by atoms with E-state index in [9.17, 15) is 9.90 Å². The van der Waals surface area contributed by atoms with Crippen molar-refractivity contribution in [2.75, 3.05) is 0 Å². The lowest BCUT2D eigenvalue weighted by molar-refractivity contribution is -0.148. The maximum atomic E-state index is 12.4. The molecule has 0 spiro atoms. The molecule has 2 aromatic carbocycles. The van der Waals surface area contributed by atoms with Gasteiger partial charge in [0.05, 0.1) is 6.10 Å². The van der Waals surface area contributed by atoms with E-state index in [0.29, 0.717) is 5.56 Å². The third kappa shape index (κ3) is 3.85. The third-order valence-electron chi connectivity index (χ3n) is 3.02. The van der Waals surface area contributed by atoms with E-state index in [4.69, 9.17) is 4.74 Å². The molecule has 0 radical (unpaired) electrons. The Morgan fingerprint density at radius 2 is 1.81 bits per heavy atom. The highest BCUT2D eigenvalue weighted by molar-refractivity contribution is 9.10. The smallest absolute Gasteiger partial charge is 0.318 e. The molecule has 0 fully saturated rings. The molecule has 3 nitrogen and oxygen atoms in total. The van der Waals surface area contributed by atoms with E-state index in [0.717, 1.165) is 10.0 Å². The average Bonchev–Trinajstić information content (AvgIpc) is 2.42. The first-order chi connectivity index (χ1) is 9.99. The summed E-state index contributed by atoms with van der Waals surface area (Å²) in [5.41, 5.74) is 1.33. The molecule has 4 heteroatoms. The topological polar surface area (TPSA) is 46.5 Å². The highest BCUT2D eigenvalue weighted by Gasteiger charge is 2.27. The first kappa shape index (κ1) is 15.6. The van der Waals surface area contributed by atoms with Crippen LogP contribution in [0.3, 0.4) is 0 Å². The molecule has 2 rings (SSSR count). The number of aromatic hydroxyl groups is 1. The van der Waals surface area contributed by atoms with E-state index in [1.165, 1.54) is 0 Å². The van der Waals surface area contributed by atoms with Gasteiger partial charge in [0.15, 0.2) is 0 Å². The number of hydrogen-bond acceptors (Lipinski definition) is 3. The average molecular weight is 349 g/mol. The van der Waals surface area contributed by atoms with Crippen LogP contribution < -0.4 is 0 Å². The second-order valence-electron chi connectivity index (χ2n) is 5.03. The van der Waals surface area contributed by atoms with Crippen molar-refractivity contribution in [3.8, 4) is 5.75 Å². The summed E-state index contributed by atoms with van der Waals surface area (Å²) in [5.74, 6) is -0.936. The summed E-state index contributed by atoms with van der Waals surface area (Å²) in [5, 5.41) is 10.2. The van der Waals surface area contributed by atoms with Crippen LogP contribution >= 0.6 is 15.9 Å². The first-order valence-electron chi connectivity index (χ1n) is 6.73. The molecule has 110 valence electrons. The molecule has 0 amide bonds. The monoisotopic (exact) mass is 348 g/mol. The normalized spacial score (nSPS) is 12.2. The Kier molecular flexibility index (Phi) is 5.02. The molecule has 1 N–H and O–H groups in total. The van der Waals surface area contributed by atoms with Gasteiger partial charge in [-0.15, -0.1) is 0 Å². The van der Waals surface area contributed by atoms with E-state index in [2.05, 4.69) is 15.9 Å². The van der Waals surface area contributed by atoms with Gasteiger partial charge in [-0.1, -0.05) is 52.3 Å². The SMILES string of the molecule is CC(C)OC(=O)C(c1ccccc1)c1ccc(Br)cc1O. The number of hydrogen-bond donors (Lipinski definition) is 1. The summed E-state index contributed by atoms with van der Waals surface area (Å²) in [6.07, 6.45) is -0.207. The number of esters is 1. The number of phenols is 1. The molecule has 0 heterocycles. The Hall–Kier alpha value is -1.81. The van der Waals surface area contributed by atoms with Crippen molar-refractivity contribution < 1.29 is 14.6 Å². The van der Waals surface area contributed by atoms with Gasteiger partial charge in [-0.2, -0.15) is 0 Å². The molecule has 1 unspecified atom stereocenters. The zero-order valence-electron chi connectivity index (χ0n) is 11.9. The summed E-state index contributed by atoms with van der Waals surface area (Å²) in [6.45, 7) is 3.61. The fourth-order valence-electron chi connectivity index (χ4n) is 2.15. The molecule has 0 aliphatic heterocycles. The van der Waals surface area contributed by atoms with E-state index in [1.807, 2.05) is 30.3 Å². The fraction of sp³-hybridized carbons (Fsp3) is 0.235. The number of phenolic OH excluding ortho intramolecular Hbond substituents is 1. The predicted octanol–water partition coefficient (Wildman–Crippen LogP) is 4.24. The van der Waals surface area contributed by atoms with Crippen LogP contribution in [0.4, 0.5) is 0 Å². The van der Waals surface area contributed by atoms with Crippen molar-refractivity contribution in [1.29, 1.82) is 0 Å². The molecule has 0 bridgehead atoms. The predicted molar refractivity (Wildman–Crippen MR) is 85.3 cm³/mol. The van der Waals surface area contributed by atoms with E-state index in [-0.39, 0.29) is 17.8 Å². The minimum Gasteiger partial charge on any atom is -0.508 e. The van der Waals surface area contributed by atoms with Gasteiger partial charge >= 0.3 is 5.97 Å². The molecule has 1 atom stereocenters. The van der Waals surface area contributed by atoms with Crippen LogP contribution in [0.2, 0.25) is 0 Å². The van der Waals surface area contributed by atoms with Crippen LogP contribution in [-0.2, 0) is 9.53 Å². The molecule has 2 aromatic rings. The van der Waals surface area contributed by atoms with Gasteiger partial charge in [0.2, 0.25) is 0 Å². The second-order valence-corrected chi connectivity index (χ2v) is 5.95. The van der Waals surface area contributed by atoms with Crippen LogP contribution in [0.5, 0.6) is 5.75 Å². The number of halogens is 1. The number of carbonyl (C=O) groups excluding carboxylic acids is 1. The Morgan fingerprint density at radius 3 is 2.38 bits per heavy atom. The summed E-state index contributed by atoms with van der Waals surface area (Å²) in [4.78, 5) is 12.4. The number of carbonyl (C=O) groups is 1. The van der Waals surface area contributed by atoms with Crippen molar-refractivity contribution in [3.63, 3.8) is 0 Å². The zero-order valence-corrected chi connectivity index (χ0v) is 13.5.